The summed E-state index contributed by atoms with van der Waals surface area (Å²) < 4.78 is 29.5. The predicted octanol–water partition coefficient (Wildman–Crippen LogP) is 2.46. The number of aryl methyl sites for hydroxylation is 2. The number of benzene rings is 1. The Kier molecular flexibility index (Phi) is 4.75. The number of hydrogen-bond donors (Lipinski definition) is 0. The molecule has 1 aliphatic rings. The predicted molar refractivity (Wildman–Crippen MR) is 105 cm³/mol. The van der Waals surface area contributed by atoms with Crippen molar-refractivity contribution >= 4 is 15.5 Å². The van der Waals surface area contributed by atoms with E-state index >= 15 is 0 Å². The number of pyridine rings is 1. The third-order valence-corrected chi connectivity index (χ3v) is 7.14. The van der Waals surface area contributed by atoms with E-state index in [1.54, 1.807) is 10.4 Å². The van der Waals surface area contributed by atoms with E-state index < -0.39 is 10.0 Å². The zero-order chi connectivity index (χ0) is 19.0. The summed E-state index contributed by atoms with van der Waals surface area (Å²) in [4.78, 5) is 2.69. The summed E-state index contributed by atoms with van der Waals surface area (Å²) in [5.74, 6) is 0. The maximum atomic E-state index is 13.0. The number of rotatable bonds is 4. The molecule has 0 bridgehead atoms. The lowest BCUT2D eigenvalue weighted by atomic mass is 10.2. The van der Waals surface area contributed by atoms with Crippen LogP contribution in [-0.2, 0) is 16.6 Å². The van der Waals surface area contributed by atoms with Crippen molar-refractivity contribution < 1.29 is 8.42 Å². The molecule has 142 valence electrons. The highest BCUT2D eigenvalue weighted by atomic mass is 32.2. The van der Waals surface area contributed by atoms with E-state index in [0.717, 1.165) is 28.9 Å². The highest BCUT2D eigenvalue weighted by Gasteiger charge is 2.29. The number of fused-ring (bicyclic) bond motifs is 1. The average Bonchev–Trinajstić information content (AvgIpc) is 3.06. The summed E-state index contributed by atoms with van der Waals surface area (Å²) in [6.45, 7) is 6.93. The van der Waals surface area contributed by atoms with Crippen molar-refractivity contribution in [3.05, 3.63) is 65.5 Å². The number of nitrogens with zero attached hydrogens (tertiary/aromatic N) is 4. The summed E-state index contributed by atoms with van der Waals surface area (Å²) in [6.07, 6.45) is 1.94. The second kappa shape index (κ2) is 7.07. The van der Waals surface area contributed by atoms with Crippen molar-refractivity contribution in [1.82, 2.24) is 18.8 Å². The Morgan fingerprint density at radius 3 is 2.52 bits per heavy atom. The molecular formula is C20H24N4O2S. The topological polar surface area (TPSA) is 57.9 Å². The van der Waals surface area contributed by atoms with E-state index in [1.807, 2.05) is 54.9 Å². The minimum absolute atomic E-state index is 0.427. The number of sulfonamides is 1. The lowest BCUT2D eigenvalue weighted by molar-refractivity contribution is 0.180. The van der Waals surface area contributed by atoms with E-state index in [2.05, 4.69) is 16.1 Å². The van der Waals surface area contributed by atoms with Crippen molar-refractivity contribution in [1.29, 1.82) is 0 Å². The lowest BCUT2D eigenvalue weighted by Gasteiger charge is -2.33. The minimum atomic E-state index is -3.45. The Morgan fingerprint density at radius 1 is 1.00 bits per heavy atom. The molecule has 0 aliphatic carbocycles. The zero-order valence-corrected chi connectivity index (χ0v) is 16.5. The van der Waals surface area contributed by atoms with Gasteiger partial charge in [0, 0.05) is 38.9 Å². The highest BCUT2D eigenvalue weighted by Crippen LogP contribution is 2.23. The highest BCUT2D eigenvalue weighted by molar-refractivity contribution is 7.89. The molecule has 0 radical (unpaired) electrons. The first-order valence-corrected chi connectivity index (χ1v) is 10.6. The lowest BCUT2D eigenvalue weighted by Crippen LogP contribution is -2.48. The first-order chi connectivity index (χ1) is 12.9. The monoisotopic (exact) mass is 384 g/mol. The van der Waals surface area contributed by atoms with Crippen LogP contribution in [0.25, 0.3) is 5.52 Å². The molecule has 3 heterocycles. The Balaban J connectivity index is 1.44. The van der Waals surface area contributed by atoms with E-state index in [9.17, 15) is 8.42 Å². The van der Waals surface area contributed by atoms with Gasteiger partial charge in [0.25, 0.3) is 0 Å². The van der Waals surface area contributed by atoms with Gasteiger partial charge in [0.1, 0.15) is 0 Å². The van der Waals surface area contributed by atoms with Gasteiger partial charge in [0.15, 0.2) is 0 Å². The van der Waals surface area contributed by atoms with E-state index in [0.29, 0.717) is 31.1 Å². The Bertz CT molecular complexity index is 1030. The second-order valence-corrected chi connectivity index (χ2v) is 9.06. The summed E-state index contributed by atoms with van der Waals surface area (Å²) in [7, 11) is -3.45. The number of aromatic nitrogens is 2. The molecule has 2 aromatic heterocycles. The minimum Gasteiger partial charge on any atom is -0.295 e. The third-order valence-electron chi connectivity index (χ3n) is 5.10. The van der Waals surface area contributed by atoms with Gasteiger partial charge in [-0.25, -0.2) is 12.9 Å². The normalized spacial score (nSPS) is 16.8. The fourth-order valence-corrected chi connectivity index (χ4v) is 5.28. The summed E-state index contributed by atoms with van der Waals surface area (Å²) in [6, 6.07) is 13.7. The number of piperazine rings is 1. The van der Waals surface area contributed by atoms with Crippen molar-refractivity contribution in [3.8, 4) is 0 Å². The van der Waals surface area contributed by atoms with E-state index in [1.165, 1.54) is 0 Å². The molecule has 0 atom stereocenters. The third kappa shape index (κ3) is 3.63. The van der Waals surface area contributed by atoms with Crippen molar-refractivity contribution in [3.63, 3.8) is 0 Å². The molecule has 6 nitrogen and oxygen atoms in total. The van der Waals surface area contributed by atoms with Gasteiger partial charge in [-0.15, -0.1) is 0 Å². The van der Waals surface area contributed by atoms with Crippen LogP contribution in [0.3, 0.4) is 0 Å². The molecule has 1 fully saturated rings. The van der Waals surface area contributed by atoms with Gasteiger partial charge < -0.3 is 0 Å². The van der Waals surface area contributed by atoms with Crippen LogP contribution in [-0.4, -0.2) is 53.4 Å². The SMILES string of the molecule is Cc1ccc(C)c(S(=O)(=O)N2CCN(Cc3cc4ccccn4n3)CC2)c1. The van der Waals surface area contributed by atoms with Crippen LogP contribution >= 0.6 is 0 Å². The van der Waals surface area contributed by atoms with Crippen LogP contribution in [0.2, 0.25) is 0 Å². The quantitative estimate of drug-likeness (QED) is 0.693. The van der Waals surface area contributed by atoms with Gasteiger partial charge in [-0.1, -0.05) is 18.2 Å². The smallest absolute Gasteiger partial charge is 0.243 e. The van der Waals surface area contributed by atoms with Crippen LogP contribution in [0.4, 0.5) is 0 Å². The molecule has 0 N–H and O–H groups in total. The van der Waals surface area contributed by atoms with Gasteiger partial charge >= 0.3 is 0 Å². The Hall–Kier alpha value is -2.22. The van der Waals surface area contributed by atoms with Gasteiger partial charge in [-0.2, -0.15) is 9.40 Å². The summed E-state index contributed by atoms with van der Waals surface area (Å²) in [5.41, 5.74) is 3.84. The van der Waals surface area contributed by atoms with Gasteiger partial charge in [-0.05, 0) is 49.2 Å². The molecule has 1 saturated heterocycles. The molecule has 0 saturated carbocycles. The Labute approximate surface area is 160 Å². The Morgan fingerprint density at radius 2 is 1.78 bits per heavy atom. The standard InChI is InChI=1S/C20H24N4O2S/c1-16-6-7-17(2)20(13-16)27(25,26)23-11-9-22(10-12-23)15-18-14-19-5-3-4-8-24(19)21-18/h3-8,13-14H,9-12,15H2,1-2H3. The van der Waals surface area contributed by atoms with Crippen LogP contribution < -0.4 is 0 Å². The summed E-state index contributed by atoms with van der Waals surface area (Å²) in [5, 5.41) is 4.59. The fourth-order valence-electron chi connectivity index (χ4n) is 3.55. The molecule has 27 heavy (non-hydrogen) atoms. The van der Waals surface area contributed by atoms with Crippen LogP contribution in [0.15, 0.2) is 53.6 Å². The molecule has 0 unspecified atom stereocenters. The van der Waals surface area contributed by atoms with Crippen LogP contribution in [0, 0.1) is 13.8 Å². The molecule has 3 aromatic rings. The van der Waals surface area contributed by atoms with Crippen molar-refractivity contribution in [2.45, 2.75) is 25.3 Å². The van der Waals surface area contributed by atoms with E-state index in [-0.39, 0.29) is 0 Å². The maximum absolute atomic E-state index is 13.0. The van der Waals surface area contributed by atoms with Gasteiger partial charge in [0.05, 0.1) is 16.1 Å². The fraction of sp³-hybridized carbons (Fsp3) is 0.350. The van der Waals surface area contributed by atoms with E-state index in [4.69, 9.17) is 0 Å². The first-order valence-electron chi connectivity index (χ1n) is 9.16. The van der Waals surface area contributed by atoms with Crippen molar-refractivity contribution in [2.24, 2.45) is 0 Å². The van der Waals surface area contributed by atoms with Crippen LogP contribution in [0.5, 0.6) is 0 Å². The molecule has 1 aliphatic heterocycles. The molecule has 0 spiro atoms. The first kappa shape index (κ1) is 18.2. The molecule has 0 amide bonds. The van der Waals surface area contributed by atoms with Crippen molar-refractivity contribution in [2.75, 3.05) is 26.2 Å². The molecule has 7 heteroatoms. The number of hydrogen-bond acceptors (Lipinski definition) is 4. The van der Waals surface area contributed by atoms with Gasteiger partial charge in [0.2, 0.25) is 10.0 Å². The molecule has 4 rings (SSSR count). The summed E-state index contributed by atoms with van der Waals surface area (Å²) >= 11 is 0. The van der Waals surface area contributed by atoms with Crippen LogP contribution in [0.1, 0.15) is 16.8 Å². The van der Waals surface area contributed by atoms with Gasteiger partial charge in [-0.3, -0.25) is 4.90 Å². The second-order valence-electron chi connectivity index (χ2n) is 7.15. The molecular weight excluding hydrogens is 360 g/mol. The molecule has 1 aromatic carbocycles. The zero-order valence-electron chi connectivity index (χ0n) is 15.7. The maximum Gasteiger partial charge on any atom is 0.243 e. The average molecular weight is 385 g/mol. The largest absolute Gasteiger partial charge is 0.295 e.